The highest BCUT2D eigenvalue weighted by molar-refractivity contribution is 7.15. The van der Waals surface area contributed by atoms with E-state index in [0.29, 0.717) is 17.2 Å². The second-order valence-corrected chi connectivity index (χ2v) is 6.43. The summed E-state index contributed by atoms with van der Waals surface area (Å²) in [5, 5.41) is 8.00. The van der Waals surface area contributed by atoms with E-state index in [1.165, 1.54) is 18.3 Å². The van der Waals surface area contributed by atoms with E-state index in [4.69, 9.17) is 0 Å². The van der Waals surface area contributed by atoms with Crippen molar-refractivity contribution < 1.29 is 4.79 Å². The predicted molar refractivity (Wildman–Crippen MR) is 96.9 cm³/mol. The van der Waals surface area contributed by atoms with Gasteiger partial charge in [-0.1, -0.05) is 6.07 Å². The number of fused-ring (bicyclic) bond motifs is 1. The molecular weight excluding hydrogens is 324 g/mol. The molecule has 0 bridgehead atoms. The summed E-state index contributed by atoms with van der Waals surface area (Å²) in [7, 11) is 0. The number of hydrogen-bond donors (Lipinski definition) is 2. The van der Waals surface area contributed by atoms with Gasteiger partial charge >= 0.3 is 0 Å². The van der Waals surface area contributed by atoms with Gasteiger partial charge < -0.3 is 10.6 Å². The van der Waals surface area contributed by atoms with Gasteiger partial charge in [-0.15, -0.1) is 11.3 Å². The molecule has 3 rings (SSSR count). The number of rotatable bonds is 4. The molecule has 0 aliphatic carbocycles. The number of benzene rings is 1. The Bertz CT molecular complexity index is 974. The van der Waals surface area contributed by atoms with Crippen molar-refractivity contribution in [3.63, 3.8) is 0 Å². The van der Waals surface area contributed by atoms with Gasteiger partial charge in [0.05, 0.1) is 12.2 Å². The van der Waals surface area contributed by atoms with Gasteiger partial charge in [-0.05, 0) is 31.5 Å². The normalized spacial score (nSPS) is 10.8. The van der Waals surface area contributed by atoms with Crippen molar-refractivity contribution in [1.82, 2.24) is 9.38 Å². The summed E-state index contributed by atoms with van der Waals surface area (Å²) in [6.07, 6.45) is 0. The van der Waals surface area contributed by atoms with E-state index >= 15 is 0 Å². The van der Waals surface area contributed by atoms with Gasteiger partial charge in [0.25, 0.3) is 5.56 Å². The first-order valence-corrected chi connectivity index (χ1v) is 8.41. The van der Waals surface area contributed by atoms with Gasteiger partial charge in [-0.3, -0.25) is 14.0 Å². The quantitative estimate of drug-likeness (QED) is 0.764. The number of carbonyl (C=O) groups excluding carboxylic acids is 1. The van der Waals surface area contributed by atoms with Crippen molar-refractivity contribution in [3.8, 4) is 0 Å². The van der Waals surface area contributed by atoms with E-state index in [1.807, 2.05) is 37.4 Å². The number of anilines is 2. The van der Waals surface area contributed by atoms with E-state index in [1.54, 1.807) is 10.5 Å². The predicted octanol–water partition coefficient (Wildman–Crippen LogP) is 2.94. The van der Waals surface area contributed by atoms with E-state index < -0.39 is 0 Å². The molecule has 24 heavy (non-hydrogen) atoms. The highest BCUT2D eigenvalue weighted by atomic mass is 32.1. The second kappa shape index (κ2) is 6.45. The van der Waals surface area contributed by atoms with Crippen LogP contribution in [0.25, 0.3) is 4.96 Å². The fourth-order valence-corrected chi connectivity index (χ4v) is 3.42. The number of nitrogens with one attached hydrogen (secondary N) is 2. The summed E-state index contributed by atoms with van der Waals surface area (Å²) in [4.78, 5) is 28.6. The van der Waals surface area contributed by atoms with Crippen LogP contribution in [0.1, 0.15) is 23.9 Å². The minimum Gasteiger partial charge on any atom is -0.379 e. The fourth-order valence-electron chi connectivity index (χ4n) is 2.53. The molecular formula is C17H18N4O2S. The number of nitrogens with zero attached hydrogens (tertiary/aromatic N) is 2. The third-order valence-electron chi connectivity index (χ3n) is 3.73. The average molecular weight is 342 g/mol. The van der Waals surface area contributed by atoms with Crippen LogP contribution >= 0.6 is 11.3 Å². The lowest BCUT2D eigenvalue weighted by atomic mass is 10.1. The van der Waals surface area contributed by atoms with Crippen LogP contribution in [0.4, 0.5) is 11.4 Å². The number of thiazole rings is 1. The van der Waals surface area contributed by atoms with Crippen molar-refractivity contribution in [2.75, 3.05) is 10.6 Å². The van der Waals surface area contributed by atoms with E-state index in [0.717, 1.165) is 22.6 Å². The molecule has 0 aliphatic rings. The van der Waals surface area contributed by atoms with Gasteiger partial charge in [-0.25, -0.2) is 4.98 Å². The Labute approximate surface area is 143 Å². The molecule has 2 heterocycles. The minimum atomic E-state index is -0.108. The third kappa shape index (κ3) is 3.16. The molecule has 2 aromatic heterocycles. The van der Waals surface area contributed by atoms with Crippen LogP contribution in [-0.4, -0.2) is 15.3 Å². The van der Waals surface area contributed by atoms with Crippen LogP contribution in [0, 0.1) is 13.8 Å². The topological polar surface area (TPSA) is 75.5 Å². The first-order chi connectivity index (χ1) is 11.5. The molecule has 1 aromatic carbocycles. The molecule has 0 unspecified atom stereocenters. The number of aryl methyl sites for hydroxylation is 1. The highest BCUT2D eigenvalue weighted by Crippen LogP contribution is 2.23. The maximum atomic E-state index is 12.2. The largest absolute Gasteiger partial charge is 0.379 e. The molecule has 0 aliphatic heterocycles. The Morgan fingerprint density at radius 3 is 2.79 bits per heavy atom. The molecule has 124 valence electrons. The molecule has 6 nitrogen and oxygen atoms in total. The van der Waals surface area contributed by atoms with Crippen molar-refractivity contribution in [2.45, 2.75) is 27.3 Å². The van der Waals surface area contributed by atoms with Crippen LogP contribution in [0.5, 0.6) is 0 Å². The van der Waals surface area contributed by atoms with Gasteiger partial charge in [0, 0.05) is 35.4 Å². The first kappa shape index (κ1) is 16.2. The van der Waals surface area contributed by atoms with Gasteiger partial charge in [-0.2, -0.15) is 0 Å². The first-order valence-electron chi connectivity index (χ1n) is 7.53. The maximum absolute atomic E-state index is 12.2. The zero-order valence-electron chi connectivity index (χ0n) is 13.7. The zero-order chi connectivity index (χ0) is 17.3. The number of hydrogen-bond acceptors (Lipinski definition) is 5. The summed E-state index contributed by atoms with van der Waals surface area (Å²) < 4.78 is 1.61. The molecule has 0 atom stereocenters. The van der Waals surface area contributed by atoms with E-state index in [9.17, 15) is 9.59 Å². The second-order valence-electron chi connectivity index (χ2n) is 5.59. The Hall–Kier alpha value is -2.67. The van der Waals surface area contributed by atoms with Gasteiger partial charge in [0.2, 0.25) is 5.91 Å². The van der Waals surface area contributed by atoms with Crippen LogP contribution in [0.3, 0.4) is 0 Å². The lowest BCUT2D eigenvalue weighted by molar-refractivity contribution is -0.114. The number of aromatic nitrogens is 2. The lowest BCUT2D eigenvalue weighted by Crippen LogP contribution is -2.16. The molecule has 0 saturated heterocycles. The molecule has 0 fully saturated rings. The summed E-state index contributed by atoms with van der Waals surface area (Å²) in [5.74, 6) is -0.108. The Balaban J connectivity index is 1.84. The Morgan fingerprint density at radius 1 is 1.29 bits per heavy atom. The Kier molecular flexibility index (Phi) is 4.35. The zero-order valence-corrected chi connectivity index (χ0v) is 14.5. The SMILES string of the molecule is CC(=O)Nc1cccc(NCc2cc(=O)n3c(C)csc3n2)c1C. The smallest absolute Gasteiger partial charge is 0.259 e. The molecule has 2 N–H and O–H groups in total. The molecule has 7 heteroatoms. The summed E-state index contributed by atoms with van der Waals surface area (Å²) >= 11 is 1.45. The van der Waals surface area contributed by atoms with Crippen molar-refractivity contribution in [3.05, 3.63) is 57.0 Å². The number of amides is 1. The van der Waals surface area contributed by atoms with Crippen molar-refractivity contribution >= 4 is 33.6 Å². The monoisotopic (exact) mass is 342 g/mol. The Morgan fingerprint density at radius 2 is 2.04 bits per heavy atom. The molecule has 0 saturated carbocycles. The van der Waals surface area contributed by atoms with Crippen molar-refractivity contribution in [2.24, 2.45) is 0 Å². The van der Waals surface area contributed by atoms with Crippen LogP contribution < -0.4 is 16.2 Å². The van der Waals surface area contributed by atoms with E-state index in [2.05, 4.69) is 15.6 Å². The maximum Gasteiger partial charge on any atom is 0.259 e. The third-order valence-corrected chi connectivity index (χ3v) is 4.68. The fraction of sp³-hybridized carbons (Fsp3) is 0.235. The van der Waals surface area contributed by atoms with Crippen LogP contribution in [0.2, 0.25) is 0 Å². The van der Waals surface area contributed by atoms with Gasteiger partial charge in [0.15, 0.2) is 4.96 Å². The summed E-state index contributed by atoms with van der Waals surface area (Å²) in [5.41, 5.74) is 4.12. The van der Waals surface area contributed by atoms with Crippen LogP contribution in [-0.2, 0) is 11.3 Å². The molecule has 0 radical (unpaired) electrons. The minimum absolute atomic E-state index is 0.0701. The summed E-state index contributed by atoms with van der Waals surface area (Å²) in [6.45, 7) is 5.74. The summed E-state index contributed by atoms with van der Waals surface area (Å²) in [6, 6.07) is 7.20. The van der Waals surface area contributed by atoms with Crippen molar-refractivity contribution in [1.29, 1.82) is 0 Å². The van der Waals surface area contributed by atoms with E-state index in [-0.39, 0.29) is 11.5 Å². The highest BCUT2D eigenvalue weighted by Gasteiger charge is 2.08. The lowest BCUT2D eigenvalue weighted by Gasteiger charge is -2.13. The molecule has 1 amide bonds. The molecule has 0 spiro atoms. The number of carbonyl (C=O) groups is 1. The molecule has 3 aromatic rings. The van der Waals surface area contributed by atoms with Crippen LogP contribution in [0.15, 0.2) is 34.4 Å². The standard InChI is InChI=1S/C17H18N4O2S/c1-10-9-24-17-20-13(7-16(23)21(10)17)8-18-14-5-4-6-15(11(14)2)19-12(3)22/h4-7,9,18H,8H2,1-3H3,(H,19,22). The average Bonchev–Trinajstić information content (AvgIpc) is 2.89. The van der Waals surface area contributed by atoms with Gasteiger partial charge in [0.1, 0.15) is 0 Å².